The number of carbonyl (C=O) groups excluding carboxylic acids is 1. The summed E-state index contributed by atoms with van der Waals surface area (Å²) in [5.41, 5.74) is 0. The summed E-state index contributed by atoms with van der Waals surface area (Å²) in [6.07, 6.45) is 0.988. The molecule has 0 bridgehead atoms. The number of hydrogen-bond donors (Lipinski definition) is 2. The van der Waals surface area contributed by atoms with Crippen molar-refractivity contribution in [3.05, 3.63) is 0 Å². The highest BCUT2D eigenvalue weighted by Gasteiger charge is 2.22. The summed E-state index contributed by atoms with van der Waals surface area (Å²) in [4.78, 5) is 13.5. The van der Waals surface area contributed by atoms with Crippen LogP contribution in [0.2, 0.25) is 0 Å². The van der Waals surface area contributed by atoms with Gasteiger partial charge >= 0.3 is 0 Å². The second-order valence-electron chi connectivity index (χ2n) is 3.92. The van der Waals surface area contributed by atoms with Gasteiger partial charge in [0.1, 0.15) is 0 Å². The predicted molar refractivity (Wildman–Crippen MR) is 56.5 cm³/mol. The number of methoxy groups -OCH3 is 1. The van der Waals surface area contributed by atoms with Gasteiger partial charge in [0.05, 0.1) is 13.2 Å². The van der Waals surface area contributed by atoms with Crippen LogP contribution < -0.4 is 5.32 Å². The molecule has 15 heavy (non-hydrogen) atoms. The molecule has 5 heteroatoms. The Labute approximate surface area is 90.4 Å². The molecule has 1 fully saturated rings. The Bertz CT molecular complexity index is 199. The third-order valence-electron chi connectivity index (χ3n) is 2.62. The van der Waals surface area contributed by atoms with E-state index >= 15 is 0 Å². The Morgan fingerprint density at radius 3 is 3.07 bits per heavy atom. The van der Waals surface area contributed by atoms with Gasteiger partial charge in [0.2, 0.25) is 5.91 Å². The minimum absolute atomic E-state index is 0.0330. The van der Waals surface area contributed by atoms with Gasteiger partial charge in [-0.3, -0.25) is 9.69 Å². The zero-order valence-electron chi connectivity index (χ0n) is 9.24. The van der Waals surface area contributed by atoms with Gasteiger partial charge in [-0.05, 0) is 18.9 Å². The lowest BCUT2D eigenvalue weighted by Gasteiger charge is -2.14. The van der Waals surface area contributed by atoms with Gasteiger partial charge in [-0.25, -0.2) is 0 Å². The molecule has 0 aromatic carbocycles. The quantitative estimate of drug-likeness (QED) is 0.563. The van der Waals surface area contributed by atoms with E-state index in [0.29, 0.717) is 25.6 Å². The third kappa shape index (κ3) is 4.59. The number of carbonyl (C=O) groups is 1. The topological polar surface area (TPSA) is 61.8 Å². The predicted octanol–water partition coefficient (Wildman–Crippen LogP) is -0.937. The van der Waals surface area contributed by atoms with Crippen molar-refractivity contribution in [2.24, 2.45) is 5.92 Å². The van der Waals surface area contributed by atoms with Gasteiger partial charge in [-0.1, -0.05) is 0 Å². The zero-order valence-corrected chi connectivity index (χ0v) is 9.24. The average molecular weight is 216 g/mol. The normalized spacial score (nSPS) is 21.9. The molecular weight excluding hydrogens is 196 g/mol. The van der Waals surface area contributed by atoms with E-state index in [-0.39, 0.29) is 12.5 Å². The molecule has 0 unspecified atom stereocenters. The van der Waals surface area contributed by atoms with Crippen LogP contribution in [0.5, 0.6) is 0 Å². The van der Waals surface area contributed by atoms with Crippen molar-refractivity contribution in [3.63, 3.8) is 0 Å². The fourth-order valence-corrected chi connectivity index (χ4v) is 1.76. The van der Waals surface area contributed by atoms with Crippen LogP contribution in [0.25, 0.3) is 0 Å². The highest BCUT2D eigenvalue weighted by molar-refractivity contribution is 5.78. The average Bonchev–Trinajstić information content (AvgIpc) is 2.66. The second-order valence-corrected chi connectivity index (χ2v) is 3.92. The number of likely N-dealkylation sites (tertiary alicyclic amines) is 1. The largest absolute Gasteiger partial charge is 0.396 e. The lowest BCUT2D eigenvalue weighted by molar-refractivity contribution is -0.122. The zero-order chi connectivity index (χ0) is 11.1. The molecule has 1 amide bonds. The fraction of sp³-hybridized carbons (Fsp3) is 0.900. The number of nitrogens with one attached hydrogen (secondary N) is 1. The first-order valence-corrected chi connectivity index (χ1v) is 5.35. The minimum atomic E-state index is 0.0330. The Morgan fingerprint density at radius 2 is 2.47 bits per heavy atom. The molecule has 5 nitrogen and oxygen atoms in total. The van der Waals surface area contributed by atoms with Crippen molar-refractivity contribution in [2.75, 3.05) is 46.5 Å². The number of aliphatic hydroxyl groups is 1. The van der Waals surface area contributed by atoms with Crippen LogP contribution in [0, 0.1) is 5.92 Å². The summed E-state index contributed by atoms with van der Waals surface area (Å²) in [6, 6.07) is 0. The maximum Gasteiger partial charge on any atom is 0.234 e. The van der Waals surface area contributed by atoms with E-state index in [1.54, 1.807) is 7.11 Å². The van der Waals surface area contributed by atoms with Crippen LogP contribution in [-0.2, 0) is 9.53 Å². The SMILES string of the molecule is COCCNC(=O)CN1CC[C@H](CO)C1. The molecule has 0 aromatic heterocycles. The van der Waals surface area contributed by atoms with Crippen LogP contribution in [0.3, 0.4) is 0 Å². The monoisotopic (exact) mass is 216 g/mol. The van der Waals surface area contributed by atoms with Crippen LogP contribution in [0.15, 0.2) is 0 Å². The molecule has 1 saturated heterocycles. The van der Waals surface area contributed by atoms with Gasteiger partial charge in [0.25, 0.3) is 0 Å². The van der Waals surface area contributed by atoms with Crippen molar-refractivity contribution >= 4 is 5.91 Å². The van der Waals surface area contributed by atoms with Crippen molar-refractivity contribution in [1.82, 2.24) is 10.2 Å². The molecular formula is C10H20N2O3. The summed E-state index contributed by atoms with van der Waals surface area (Å²) in [6.45, 7) is 3.50. The first-order chi connectivity index (χ1) is 7.26. The van der Waals surface area contributed by atoms with E-state index < -0.39 is 0 Å². The Hall–Kier alpha value is -0.650. The van der Waals surface area contributed by atoms with Crippen molar-refractivity contribution in [2.45, 2.75) is 6.42 Å². The van der Waals surface area contributed by atoms with E-state index in [1.165, 1.54) is 0 Å². The highest BCUT2D eigenvalue weighted by atomic mass is 16.5. The van der Waals surface area contributed by atoms with Gasteiger partial charge in [-0.2, -0.15) is 0 Å². The summed E-state index contributed by atoms with van der Waals surface area (Å²) in [5, 5.41) is 11.7. The summed E-state index contributed by atoms with van der Waals surface area (Å²) in [5.74, 6) is 0.377. The first kappa shape index (κ1) is 12.4. The van der Waals surface area contributed by atoms with E-state index in [1.807, 2.05) is 0 Å². The molecule has 1 rings (SSSR count). The molecule has 0 radical (unpaired) electrons. The lowest BCUT2D eigenvalue weighted by atomic mass is 10.1. The van der Waals surface area contributed by atoms with Crippen LogP contribution in [0.4, 0.5) is 0 Å². The molecule has 88 valence electrons. The first-order valence-electron chi connectivity index (χ1n) is 5.35. The number of ether oxygens (including phenoxy) is 1. The van der Waals surface area contributed by atoms with Gasteiger partial charge in [0, 0.05) is 26.8 Å². The maximum atomic E-state index is 11.4. The summed E-state index contributed by atoms with van der Waals surface area (Å²) >= 11 is 0. The van der Waals surface area contributed by atoms with Gasteiger partial charge < -0.3 is 15.2 Å². The van der Waals surface area contributed by atoms with Gasteiger partial charge in [-0.15, -0.1) is 0 Å². The smallest absolute Gasteiger partial charge is 0.234 e. The lowest BCUT2D eigenvalue weighted by Crippen LogP contribution is -2.37. The van der Waals surface area contributed by atoms with E-state index in [0.717, 1.165) is 19.5 Å². The Morgan fingerprint density at radius 1 is 1.67 bits per heavy atom. The number of amides is 1. The van der Waals surface area contributed by atoms with Crippen LogP contribution >= 0.6 is 0 Å². The van der Waals surface area contributed by atoms with E-state index in [9.17, 15) is 4.79 Å². The summed E-state index contributed by atoms with van der Waals surface area (Å²) < 4.78 is 4.84. The fourth-order valence-electron chi connectivity index (χ4n) is 1.76. The second kappa shape index (κ2) is 6.76. The number of aliphatic hydroxyl groups excluding tert-OH is 1. The van der Waals surface area contributed by atoms with Crippen molar-refractivity contribution in [1.29, 1.82) is 0 Å². The Kier molecular flexibility index (Phi) is 5.60. The molecule has 1 aliphatic rings. The third-order valence-corrected chi connectivity index (χ3v) is 2.62. The van der Waals surface area contributed by atoms with Gasteiger partial charge in [0.15, 0.2) is 0 Å². The highest BCUT2D eigenvalue weighted by Crippen LogP contribution is 2.14. The number of hydrogen-bond acceptors (Lipinski definition) is 4. The Balaban J connectivity index is 2.10. The number of nitrogens with zero attached hydrogens (tertiary/aromatic N) is 1. The van der Waals surface area contributed by atoms with Crippen LogP contribution in [-0.4, -0.2) is 62.4 Å². The molecule has 0 aliphatic carbocycles. The number of rotatable bonds is 6. The van der Waals surface area contributed by atoms with Crippen molar-refractivity contribution in [3.8, 4) is 0 Å². The van der Waals surface area contributed by atoms with E-state index in [4.69, 9.17) is 9.84 Å². The van der Waals surface area contributed by atoms with Crippen LogP contribution in [0.1, 0.15) is 6.42 Å². The minimum Gasteiger partial charge on any atom is -0.396 e. The molecule has 0 aromatic rings. The molecule has 2 N–H and O–H groups in total. The molecule has 1 heterocycles. The van der Waals surface area contributed by atoms with E-state index in [2.05, 4.69) is 10.2 Å². The maximum absolute atomic E-state index is 11.4. The molecule has 1 aliphatic heterocycles. The summed E-state index contributed by atoms with van der Waals surface area (Å²) in [7, 11) is 1.61. The standard InChI is InChI=1S/C10H20N2O3/c1-15-5-3-11-10(14)7-12-4-2-9(6-12)8-13/h9,13H,2-8H2,1H3,(H,11,14)/t9-/m0/s1. The molecule has 1 atom stereocenters. The molecule has 0 spiro atoms. The molecule has 0 saturated carbocycles. The van der Waals surface area contributed by atoms with Crippen molar-refractivity contribution < 1.29 is 14.6 Å².